The summed E-state index contributed by atoms with van der Waals surface area (Å²) in [7, 11) is 1.59. The maximum atomic E-state index is 10.6. The molecule has 0 aliphatic rings. The summed E-state index contributed by atoms with van der Waals surface area (Å²) in [4.78, 5) is 10.6. The molecule has 0 spiro atoms. The van der Waals surface area contributed by atoms with Gasteiger partial charge in [-0.15, -0.1) is 0 Å². The first-order chi connectivity index (χ1) is 9.67. The van der Waals surface area contributed by atoms with Gasteiger partial charge >= 0.3 is 5.97 Å². The Morgan fingerprint density at radius 2 is 2.20 bits per heavy atom. The number of unbranched alkanes of at least 4 members (excludes halogenated alkanes) is 2. The molecule has 0 bridgehead atoms. The van der Waals surface area contributed by atoms with Gasteiger partial charge in [0.1, 0.15) is 5.75 Å². The summed E-state index contributed by atoms with van der Waals surface area (Å²) in [6.45, 7) is 2.20. The van der Waals surface area contributed by atoms with Crippen LogP contribution in [0.1, 0.15) is 37.3 Å². The summed E-state index contributed by atoms with van der Waals surface area (Å²) >= 11 is 1.91. The minimum atomic E-state index is -0.952. The number of ether oxygens (including phenoxy) is 1. The number of hydrogen-bond acceptors (Lipinski definition) is 3. The minimum absolute atomic E-state index is 0.697. The van der Waals surface area contributed by atoms with Crippen LogP contribution in [0.5, 0.6) is 5.75 Å². The second-order valence-electron chi connectivity index (χ2n) is 4.51. The Bertz CT molecular complexity index is 455. The zero-order valence-electron chi connectivity index (χ0n) is 12.1. The maximum absolute atomic E-state index is 10.6. The third-order valence-electron chi connectivity index (χ3n) is 2.86. The smallest absolute Gasteiger partial charge is 0.328 e. The maximum Gasteiger partial charge on any atom is 0.328 e. The van der Waals surface area contributed by atoms with Crippen molar-refractivity contribution >= 4 is 23.8 Å². The second-order valence-corrected chi connectivity index (χ2v) is 5.61. The highest BCUT2D eigenvalue weighted by molar-refractivity contribution is 7.98. The molecule has 110 valence electrons. The van der Waals surface area contributed by atoms with Crippen LogP contribution in [0.3, 0.4) is 0 Å². The number of hydrogen-bond donors (Lipinski definition) is 1. The van der Waals surface area contributed by atoms with E-state index in [1.807, 2.05) is 30.0 Å². The number of rotatable bonds is 9. The molecule has 1 aromatic carbocycles. The summed E-state index contributed by atoms with van der Waals surface area (Å²) < 4.78 is 5.24. The fraction of sp³-hybridized carbons (Fsp3) is 0.438. The van der Waals surface area contributed by atoms with Crippen molar-refractivity contribution in [2.75, 3.05) is 12.9 Å². The van der Waals surface area contributed by atoms with Crippen LogP contribution >= 0.6 is 11.8 Å². The van der Waals surface area contributed by atoms with Crippen LogP contribution in [0.15, 0.2) is 24.3 Å². The van der Waals surface area contributed by atoms with Gasteiger partial charge in [-0.25, -0.2) is 4.79 Å². The second kappa shape index (κ2) is 9.48. The number of carbonyl (C=O) groups is 1. The Kier molecular flexibility index (Phi) is 7.88. The van der Waals surface area contributed by atoms with Crippen molar-refractivity contribution in [1.82, 2.24) is 0 Å². The summed E-state index contributed by atoms with van der Waals surface area (Å²) in [6, 6.07) is 5.91. The summed E-state index contributed by atoms with van der Waals surface area (Å²) in [5.74, 6) is 1.86. The van der Waals surface area contributed by atoms with Gasteiger partial charge < -0.3 is 9.84 Å². The Morgan fingerprint density at radius 3 is 2.85 bits per heavy atom. The highest BCUT2D eigenvalue weighted by Crippen LogP contribution is 2.24. The molecule has 1 N–H and O–H groups in total. The quantitative estimate of drug-likeness (QED) is 0.547. The molecule has 1 aromatic rings. The molecule has 0 aliphatic heterocycles. The Hall–Kier alpha value is -1.42. The fourth-order valence-electron chi connectivity index (χ4n) is 1.81. The van der Waals surface area contributed by atoms with Crippen molar-refractivity contribution < 1.29 is 14.6 Å². The molecule has 0 saturated carbocycles. The molecular weight excluding hydrogens is 272 g/mol. The van der Waals surface area contributed by atoms with Crippen molar-refractivity contribution in [3.05, 3.63) is 35.4 Å². The lowest BCUT2D eigenvalue weighted by Crippen LogP contribution is -1.92. The van der Waals surface area contributed by atoms with E-state index in [1.54, 1.807) is 13.2 Å². The molecule has 0 saturated heterocycles. The van der Waals surface area contributed by atoms with E-state index in [0.29, 0.717) is 5.75 Å². The molecule has 0 aliphatic carbocycles. The molecule has 1 rings (SSSR count). The van der Waals surface area contributed by atoms with Crippen molar-refractivity contribution in [1.29, 1.82) is 0 Å². The number of benzene rings is 1. The highest BCUT2D eigenvalue weighted by Gasteiger charge is 2.03. The van der Waals surface area contributed by atoms with Gasteiger partial charge in [-0.05, 0) is 35.9 Å². The monoisotopic (exact) mass is 294 g/mol. The molecule has 0 amide bonds. The lowest BCUT2D eigenvalue weighted by atomic mass is 10.1. The van der Waals surface area contributed by atoms with Gasteiger partial charge in [0.05, 0.1) is 7.11 Å². The van der Waals surface area contributed by atoms with E-state index in [9.17, 15) is 4.79 Å². The molecule has 20 heavy (non-hydrogen) atoms. The van der Waals surface area contributed by atoms with Crippen LogP contribution in [0.25, 0.3) is 6.08 Å². The van der Waals surface area contributed by atoms with Gasteiger partial charge in [0, 0.05) is 17.4 Å². The SMILES string of the molecule is CCCCCSCc1ccc(OC)c(/C=C/C(=O)O)c1. The van der Waals surface area contributed by atoms with Gasteiger partial charge in [0.2, 0.25) is 0 Å². The molecule has 0 heterocycles. The van der Waals surface area contributed by atoms with E-state index in [4.69, 9.17) is 9.84 Å². The van der Waals surface area contributed by atoms with Crippen LogP contribution in [0.2, 0.25) is 0 Å². The van der Waals surface area contributed by atoms with Crippen LogP contribution < -0.4 is 4.74 Å². The van der Waals surface area contributed by atoms with Gasteiger partial charge in [0.25, 0.3) is 0 Å². The number of thioether (sulfide) groups is 1. The van der Waals surface area contributed by atoms with Crippen LogP contribution in [-0.4, -0.2) is 23.9 Å². The molecule has 0 radical (unpaired) electrons. The van der Waals surface area contributed by atoms with Crippen molar-refractivity contribution in [3.8, 4) is 5.75 Å². The largest absolute Gasteiger partial charge is 0.496 e. The summed E-state index contributed by atoms with van der Waals surface area (Å²) in [5, 5.41) is 8.70. The predicted molar refractivity (Wildman–Crippen MR) is 85.4 cm³/mol. The molecule has 3 nitrogen and oxygen atoms in total. The number of carboxylic acid groups (broad SMARTS) is 1. The van der Waals surface area contributed by atoms with Gasteiger partial charge in [-0.2, -0.15) is 11.8 Å². The summed E-state index contributed by atoms with van der Waals surface area (Å²) in [5.41, 5.74) is 2.00. The zero-order chi connectivity index (χ0) is 14.8. The van der Waals surface area contributed by atoms with E-state index >= 15 is 0 Å². The lowest BCUT2D eigenvalue weighted by molar-refractivity contribution is -0.131. The van der Waals surface area contributed by atoms with Crippen molar-refractivity contribution in [3.63, 3.8) is 0 Å². The van der Waals surface area contributed by atoms with E-state index < -0.39 is 5.97 Å². The van der Waals surface area contributed by atoms with Crippen LogP contribution in [0.4, 0.5) is 0 Å². The third kappa shape index (κ3) is 6.15. The average molecular weight is 294 g/mol. The highest BCUT2D eigenvalue weighted by atomic mass is 32.2. The Balaban J connectivity index is 2.64. The minimum Gasteiger partial charge on any atom is -0.496 e. The third-order valence-corrected chi connectivity index (χ3v) is 3.98. The Labute approximate surface area is 125 Å². The average Bonchev–Trinajstić information content (AvgIpc) is 2.45. The number of methoxy groups -OCH3 is 1. The molecule has 4 heteroatoms. The normalized spacial score (nSPS) is 10.9. The van der Waals surface area contributed by atoms with E-state index in [1.165, 1.54) is 30.6 Å². The van der Waals surface area contributed by atoms with Gasteiger partial charge in [-0.1, -0.05) is 25.8 Å². The van der Waals surface area contributed by atoms with Gasteiger partial charge in [0.15, 0.2) is 0 Å². The first-order valence-corrected chi connectivity index (χ1v) is 7.98. The standard InChI is InChI=1S/C16H22O3S/c1-3-4-5-10-20-12-13-6-8-15(19-2)14(11-13)7-9-16(17)18/h6-9,11H,3-5,10,12H2,1-2H3,(H,17,18)/b9-7+. The van der Waals surface area contributed by atoms with Gasteiger partial charge in [-0.3, -0.25) is 0 Å². The van der Waals surface area contributed by atoms with Crippen LogP contribution in [0, 0.1) is 0 Å². The molecule has 0 unspecified atom stereocenters. The molecular formula is C16H22O3S. The van der Waals surface area contributed by atoms with E-state index in [2.05, 4.69) is 6.92 Å². The Morgan fingerprint density at radius 1 is 1.40 bits per heavy atom. The zero-order valence-corrected chi connectivity index (χ0v) is 12.9. The molecule has 0 aromatic heterocycles. The van der Waals surface area contributed by atoms with Crippen molar-refractivity contribution in [2.24, 2.45) is 0 Å². The lowest BCUT2D eigenvalue weighted by Gasteiger charge is -2.08. The first-order valence-electron chi connectivity index (χ1n) is 6.83. The fourth-order valence-corrected chi connectivity index (χ4v) is 2.78. The van der Waals surface area contributed by atoms with Crippen molar-refractivity contribution in [2.45, 2.75) is 31.9 Å². The molecule has 0 fully saturated rings. The summed E-state index contributed by atoms with van der Waals surface area (Å²) in [6.07, 6.45) is 6.49. The van der Waals surface area contributed by atoms with Crippen LogP contribution in [-0.2, 0) is 10.5 Å². The van der Waals surface area contributed by atoms with E-state index in [-0.39, 0.29) is 0 Å². The predicted octanol–water partition coefficient (Wildman–Crippen LogP) is 4.22. The number of aliphatic carboxylic acids is 1. The number of carboxylic acids is 1. The molecule has 0 atom stereocenters. The topological polar surface area (TPSA) is 46.5 Å². The van der Waals surface area contributed by atoms with E-state index in [0.717, 1.165) is 17.4 Å². The first kappa shape index (κ1) is 16.6.